The lowest BCUT2D eigenvalue weighted by Gasteiger charge is -2.26. The highest BCUT2D eigenvalue weighted by Gasteiger charge is 2.32. The quantitative estimate of drug-likeness (QED) is 0.284. The number of aromatic nitrogens is 2. The average Bonchev–Trinajstić information content (AvgIpc) is 3.27. The van der Waals surface area contributed by atoms with Gasteiger partial charge in [0.15, 0.2) is 5.69 Å². The highest BCUT2D eigenvalue weighted by Crippen LogP contribution is 2.37. The largest absolute Gasteiger partial charge is 0.497 e. The molecule has 1 aromatic heterocycles. The summed E-state index contributed by atoms with van der Waals surface area (Å²) in [5.74, 6) is 0.306. The van der Waals surface area contributed by atoms with E-state index < -0.39 is 26.5 Å². The number of ether oxygens (including phenoxy) is 3. The monoisotopic (exact) mass is 573 g/mol. The van der Waals surface area contributed by atoms with Gasteiger partial charge >= 0.3 is 0 Å². The molecule has 1 fully saturated rings. The third-order valence-electron chi connectivity index (χ3n) is 6.20. The van der Waals surface area contributed by atoms with E-state index in [1.165, 1.54) is 22.2 Å². The van der Waals surface area contributed by atoms with Gasteiger partial charge in [0.2, 0.25) is 15.9 Å². The summed E-state index contributed by atoms with van der Waals surface area (Å²) in [5.41, 5.74) is 0.547. The van der Waals surface area contributed by atoms with E-state index >= 15 is 0 Å². The fourth-order valence-corrected chi connectivity index (χ4v) is 5.56. The van der Waals surface area contributed by atoms with E-state index in [4.69, 9.17) is 14.2 Å². The van der Waals surface area contributed by atoms with Gasteiger partial charge in [-0.15, -0.1) is 0 Å². The maximum absolute atomic E-state index is 13.6. The van der Waals surface area contributed by atoms with E-state index in [9.17, 15) is 23.3 Å². The Labute approximate surface area is 231 Å². The first-order chi connectivity index (χ1) is 19.0. The lowest BCUT2D eigenvalue weighted by Crippen LogP contribution is -2.40. The third-order valence-corrected chi connectivity index (χ3v) is 8.12. The molecule has 1 aliphatic rings. The Morgan fingerprint density at radius 3 is 2.45 bits per heavy atom. The van der Waals surface area contributed by atoms with Crippen LogP contribution >= 0.6 is 0 Å². The van der Waals surface area contributed by atoms with E-state index in [1.54, 1.807) is 31.2 Å². The zero-order chi connectivity index (χ0) is 29.0. The molecule has 40 heavy (non-hydrogen) atoms. The van der Waals surface area contributed by atoms with Gasteiger partial charge in [0.25, 0.3) is 11.6 Å². The highest BCUT2D eigenvalue weighted by molar-refractivity contribution is 7.89. The summed E-state index contributed by atoms with van der Waals surface area (Å²) < 4.78 is 46.5. The number of hydrogen-bond acceptors (Lipinski definition) is 9. The van der Waals surface area contributed by atoms with Crippen LogP contribution in [-0.2, 0) is 14.8 Å². The molecule has 2 heterocycles. The lowest BCUT2D eigenvalue weighted by molar-refractivity contribution is -0.385. The van der Waals surface area contributed by atoms with Crippen LogP contribution in [0.2, 0.25) is 0 Å². The number of amides is 1. The van der Waals surface area contributed by atoms with Gasteiger partial charge in [-0.2, -0.15) is 14.1 Å². The number of carbonyl (C=O) groups excluding carboxylic acids is 1. The Hall–Kier alpha value is -4.01. The van der Waals surface area contributed by atoms with E-state index in [0.29, 0.717) is 23.5 Å². The lowest BCUT2D eigenvalue weighted by atomic mass is 10.2. The molecule has 0 saturated carbocycles. The molecule has 0 aliphatic carbocycles. The van der Waals surface area contributed by atoms with E-state index in [-0.39, 0.29) is 54.4 Å². The SMILES string of the molecule is COc1ccc(-n2nc(C(=O)NCC(C)C)c(C)c2Oc2ccc([N+](=O)[O-])cc2S(=O)(=O)N2CCOCC2)cc1. The Morgan fingerprint density at radius 2 is 1.85 bits per heavy atom. The van der Waals surface area contributed by atoms with Gasteiger partial charge in [0, 0.05) is 37.3 Å². The van der Waals surface area contributed by atoms with Gasteiger partial charge < -0.3 is 19.5 Å². The Kier molecular flexibility index (Phi) is 8.71. The van der Waals surface area contributed by atoms with Crippen molar-refractivity contribution in [3.05, 3.63) is 63.8 Å². The van der Waals surface area contributed by atoms with Crippen molar-refractivity contribution in [2.75, 3.05) is 40.0 Å². The van der Waals surface area contributed by atoms with Crippen LogP contribution in [0.5, 0.6) is 17.4 Å². The van der Waals surface area contributed by atoms with Gasteiger partial charge in [0.05, 0.1) is 30.9 Å². The predicted octanol–water partition coefficient (Wildman–Crippen LogP) is 3.30. The minimum absolute atomic E-state index is 0.0761. The third kappa shape index (κ3) is 6.08. The molecule has 3 aromatic rings. The molecule has 0 atom stereocenters. The number of hydrogen-bond donors (Lipinski definition) is 1. The number of non-ortho nitro benzene ring substituents is 1. The van der Waals surface area contributed by atoms with Crippen molar-refractivity contribution in [2.24, 2.45) is 5.92 Å². The first kappa shape index (κ1) is 29.0. The number of nitro groups is 1. The minimum atomic E-state index is -4.20. The van der Waals surface area contributed by atoms with Crippen molar-refractivity contribution < 1.29 is 32.3 Å². The van der Waals surface area contributed by atoms with Crippen LogP contribution in [0.1, 0.15) is 29.9 Å². The molecule has 214 valence electrons. The van der Waals surface area contributed by atoms with Crippen molar-refractivity contribution >= 4 is 21.6 Å². The number of rotatable bonds is 10. The summed E-state index contributed by atoms with van der Waals surface area (Å²) in [7, 11) is -2.67. The number of nitro benzene ring substituents is 1. The molecular formula is C26H31N5O8S. The highest BCUT2D eigenvalue weighted by atomic mass is 32.2. The van der Waals surface area contributed by atoms with Crippen LogP contribution in [0.4, 0.5) is 5.69 Å². The van der Waals surface area contributed by atoms with Gasteiger partial charge in [-0.25, -0.2) is 8.42 Å². The number of carbonyl (C=O) groups is 1. The number of sulfonamides is 1. The van der Waals surface area contributed by atoms with Crippen LogP contribution < -0.4 is 14.8 Å². The number of benzene rings is 2. The van der Waals surface area contributed by atoms with Crippen LogP contribution in [0, 0.1) is 23.0 Å². The van der Waals surface area contributed by atoms with Crippen LogP contribution in [0.3, 0.4) is 0 Å². The topological polar surface area (TPSA) is 155 Å². The summed E-state index contributed by atoms with van der Waals surface area (Å²) in [5, 5.41) is 18.9. The maximum Gasteiger partial charge on any atom is 0.272 e. The molecule has 1 N–H and O–H groups in total. The predicted molar refractivity (Wildman–Crippen MR) is 145 cm³/mol. The van der Waals surface area contributed by atoms with Gasteiger partial charge in [0.1, 0.15) is 16.4 Å². The molecule has 0 bridgehead atoms. The Bertz CT molecular complexity index is 1500. The molecule has 1 aliphatic heterocycles. The van der Waals surface area contributed by atoms with Gasteiger partial charge in [-0.1, -0.05) is 13.8 Å². The fourth-order valence-electron chi connectivity index (χ4n) is 4.02. The van der Waals surface area contributed by atoms with Crippen LogP contribution in [0.15, 0.2) is 47.4 Å². The molecule has 0 unspecified atom stereocenters. The summed E-state index contributed by atoms with van der Waals surface area (Å²) in [6.07, 6.45) is 0. The number of morpholine rings is 1. The zero-order valence-electron chi connectivity index (χ0n) is 22.6. The maximum atomic E-state index is 13.6. The Morgan fingerprint density at radius 1 is 1.18 bits per heavy atom. The van der Waals surface area contributed by atoms with E-state index in [2.05, 4.69) is 10.4 Å². The van der Waals surface area contributed by atoms with Crippen molar-refractivity contribution in [3.8, 4) is 23.1 Å². The molecule has 4 rings (SSSR count). The van der Waals surface area contributed by atoms with Crippen molar-refractivity contribution in [3.63, 3.8) is 0 Å². The van der Waals surface area contributed by atoms with Crippen molar-refractivity contribution in [2.45, 2.75) is 25.7 Å². The first-order valence-corrected chi connectivity index (χ1v) is 14.0. The van der Waals surface area contributed by atoms with E-state index in [1.807, 2.05) is 13.8 Å². The molecule has 14 heteroatoms. The summed E-state index contributed by atoms with van der Waals surface area (Å²) >= 11 is 0. The zero-order valence-corrected chi connectivity index (χ0v) is 23.4. The van der Waals surface area contributed by atoms with Crippen molar-refractivity contribution in [1.82, 2.24) is 19.4 Å². The smallest absolute Gasteiger partial charge is 0.272 e. The molecule has 13 nitrogen and oxygen atoms in total. The second-order valence-electron chi connectivity index (χ2n) is 9.50. The second-order valence-corrected chi connectivity index (χ2v) is 11.4. The number of methoxy groups -OCH3 is 1. The Balaban J connectivity index is 1.84. The molecular weight excluding hydrogens is 542 g/mol. The fraction of sp³-hybridized carbons (Fsp3) is 0.385. The van der Waals surface area contributed by atoms with E-state index in [0.717, 1.165) is 12.1 Å². The molecule has 1 amide bonds. The van der Waals surface area contributed by atoms with Gasteiger partial charge in [-0.3, -0.25) is 14.9 Å². The second kappa shape index (κ2) is 12.0. The molecule has 1 saturated heterocycles. The average molecular weight is 574 g/mol. The number of nitrogens with one attached hydrogen (secondary N) is 1. The molecule has 0 radical (unpaired) electrons. The minimum Gasteiger partial charge on any atom is -0.497 e. The summed E-state index contributed by atoms with van der Waals surface area (Å²) in [6.45, 7) is 6.56. The summed E-state index contributed by atoms with van der Waals surface area (Å²) in [6, 6.07) is 10.2. The van der Waals surface area contributed by atoms with Gasteiger partial charge in [-0.05, 0) is 43.2 Å². The van der Waals surface area contributed by atoms with Crippen LogP contribution in [0.25, 0.3) is 5.69 Å². The number of nitrogens with zero attached hydrogens (tertiary/aromatic N) is 4. The van der Waals surface area contributed by atoms with Crippen molar-refractivity contribution in [1.29, 1.82) is 0 Å². The van der Waals surface area contributed by atoms with Crippen LogP contribution in [-0.4, -0.2) is 73.3 Å². The summed E-state index contributed by atoms with van der Waals surface area (Å²) in [4.78, 5) is 23.5. The standard InChI is InChI=1S/C26H31N5O8S/c1-17(2)16-27-25(32)24-18(3)26(30(28-24)19-5-8-21(37-4)9-6-19)39-22-10-7-20(31(33)34)15-23(22)40(35,36)29-11-13-38-14-12-29/h5-10,15,17H,11-14,16H2,1-4H3,(H,27,32). The first-order valence-electron chi connectivity index (χ1n) is 12.6. The molecule has 2 aromatic carbocycles. The normalized spacial score (nSPS) is 14.2. The molecule has 0 spiro atoms.